The van der Waals surface area contributed by atoms with Crippen molar-refractivity contribution >= 4 is 5.91 Å². The molecule has 132 valence electrons. The lowest BCUT2D eigenvalue weighted by Crippen LogP contribution is -2.48. The standard InChI is InChI=1S/C19H20FNO4/c1-19(23-2,13-7-3-4-8-14(13)20)12-21-18(22)17-11-24-15-9-5-6-10-16(15)25-17/h3-10,17H,11-12H2,1-2H3,(H,21,22)/t17-,19+/m1/s1. The van der Waals surface area contributed by atoms with Gasteiger partial charge in [0, 0.05) is 12.7 Å². The van der Waals surface area contributed by atoms with Gasteiger partial charge in [0.15, 0.2) is 11.5 Å². The van der Waals surface area contributed by atoms with Crippen molar-refractivity contribution in [2.45, 2.75) is 18.6 Å². The summed E-state index contributed by atoms with van der Waals surface area (Å²) >= 11 is 0. The predicted octanol–water partition coefficient (Wildman–Crippen LogP) is 2.64. The summed E-state index contributed by atoms with van der Waals surface area (Å²) in [5.41, 5.74) is -0.613. The van der Waals surface area contributed by atoms with Crippen LogP contribution in [0.25, 0.3) is 0 Å². The first kappa shape index (κ1) is 17.2. The zero-order valence-electron chi connectivity index (χ0n) is 14.1. The highest BCUT2D eigenvalue weighted by atomic mass is 19.1. The summed E-state index contributed by atoms with van der Waals surface area (Å²) in [6.07, 6.45) is -0.767. The van der Waals surface area contributed by atoms with Gasteiger partial charge in [0.2, 0.25) is 6.10 Å². The molecule has 2 aromatic rings. The Morgan fingerprint density at radius 1 is 1.24 bits per heavy atom. The number of benzene rings is 2. The molecule has 5 nitrogen and oxygen atoms in total. The number of nitrogens with one attached hydrogen (secondary N) is 1. The van der Waals surface area contributed by atoms with E-state index in [1.165, 1.54) is 13.2 Å². The average Bonchev–Trinajstić information content (AvgIpc) is 2.65. The van der Waals surface area contributed by atoms with Crippen LogP contribution in [-0.2, 0) is 15.1 Å². The molecular formula is C19H20FNO4. The molecule has 6 heteroatoms. The van der Waals surface area contributed by atoms with Gasteiger partial charge in [-0.05, 0) is 25.1 Å². The van der Waals surface area contributed by atoms with Crippen LogP contribution < -0.4 is 14.8 Å². The molecule has 0 aliphatic carbocycles. The van der Waals surface area contributed by atoms with E-state index in [1.807, 2.05) is 12.1 Å². The van der Waals surface area contributed by atoms with Crippen LogP contribution in [0.15, 0.2) is 48.5 Å². The Morgan fingerprint density at radius 2 is 1.92 bits per heavy atom. The predicted molar refractivity (Wildman–Crippen MR) is 90.1 cm³/mol. The van der Waals surface area contributed by atoms with Crippen LogP contribution in [0.5, 0.6) is 11.5 Å². The molecule has 1 aliphatic heterocycles. The van der Waals surface area contributed by atoms with Crippen LogP contribution >= 0.6 is 0 Å². The van der Waals surface area contributed by atoms with Crippen molar-refractivity contribution in [1.29, 1.82) is 0 Å². The summed E-state index contributed by atoms with van der Waals surface area (Å²) in [6, 6.07) is 13.5. The SMILES string of the molecule is CO[C@@](C)(CNC(=O)[C@H]1COc2ccccc2O1)c1ccccc1F. The van der Waals surface area contributed by atoms with Gasteiger partial charge in [-0.25, -0.2) is 4.39 Å². The molecule has 0 unspecified atom stereocenters. The van der Waals surface area contributed by atoms with E-state index >= 15 is 0 Å². The van der Waals surface area contributed by atoms with Gasteiger partial charge in [-0.3, -0.25) is 4.79 Å². The van der Waals surface area contributed by atoms with Crippen molar-refractivity contribution in [3.63, 3.8) is 0 Å². The number of methoxy groups -OCH3 is 1. The van der Waals surface area contributed by atoms with Crippen LogP contribution in [0.1, 0.15) is 12.5 Å². The minimum absolute atomic E-state index is 0.102. The lowest BCUT2D eigenvalue weighted by Gasteiger charge is -2.31. The molecule has 0 saturated carbocycles. The van der Waals surface area contributed by atoms with Crippen LogP contribution in [0.3, 0.4) is 0 Å². The molecule has 1 heterocycles. The Kier molecular flexibility index (Phi) is 4.90. The fourth-order valence-corrected chi connectivity index (χ4v) is 2.69. The van der Waals surface area contributed by atoms with Crippen molar-refractivity contribution in [3.8, 4) is 11.5 Å². The first-order valence-electron chi connectivity index (χ1n) is 8.00. The number of rotatable bonds is 5. The maximum absolute atomic E-state index is 14.1. The number of carbonyl (C=O) groups is 1. The van der Waals surface area contributed by atoms with Gasteiger partial charge in [0.05, 0.1) is 6.54 Å². The van der Waals surface area contributed by atoms with Crippen LogP contribution in [0.4, 0.5) is 4.39 Å². The van der Waals surface area contributed by atoms with E-state index in [0.29, 0.717) is 17.1 Å². The molecule has 1 amide bonds. The molecule has 0 bridgehead atoms. The summed E-state index contributed by atoms with van der Waals surface area (Å²) < 4.78 is 30.8. The number of fused-ring (bicyclic) bond motifs is 1. The second-order valence-corrected chi connectivity index (χ2v) is 6.00. The number of para-hydroxylation sites is 2. The van der Waals surface area contributed by atoms with Crippen LogP contribution in [0.2, 0.25) is 0 Å². The quantitative estimate of drug-likeness (QED) is 0.905. The average molecular weight is 345 g/mol. The lowest BCUT2D eigenvalue weighted by atomic mass is 9.95. The molecule has 0 radical (unpaired) electrons. The van der Waals surface area contributed by atoms with E-state index in [-0.39, 0.29) is 24.9 Å². The summed E-state index contributed by atoms with van der Waals surface area (Å²) in [5.74, 6) is 0.415. The van der Waals surface area contributed by atoms with E-state index in [4.69, 9.17) is 14.2 Å². The Morgan fingerprint density at radius 3 is 2.64 bits per heavy atom. The third-order valence-electron chi connectivity index (χ3n) is 4.30. The number of hydrogen-bond acceptors (Lipinski definition) is 4. The summed E-state index contributed by atoms with van der Waals surface area (Å²) in [6.45, 7) is 1.94. The normalized spacial score (nSPS) is 18.3. The third-order valence-corrected chi connectivity index (χ3v) is 4.30. The molecule has 2 aromatic carbocycles. The topological polar surface area (TPSA) is 56.8 Å². The molecule has 3 rings (SSSR count). The molecular weight excluding hydrogens is 325 g/mol. The molecule has 0 saturated heterocycles. The van der Waals surface area contributed by atoms with Gasteiger partial charge in [-0.1, -0.05) is 30.3 Å². The Hall–Kier alpha value is -2.60. The monoisotopic (exact) mass is 345 g/mol. The Labute approximate surface area is 145 Å². The van der Waals surface area contributed by atoms with E-state index in [0.717, 1.165) is 0 Å². The van der Waals surface area contributed by atoms with Crippen LogP contribution in [-0.4, -0.2) is 32.3 Å². The Balaban J connectivity index is 1.66. The lowest BCUT2D eigenvalue weighted by molar-refractivity contribution is -0.132. The fraction of sp³-hybridized carbons (Fsp3) is 0.316. The second kappa shape index (κ2) is 7.11. The maximum atomic E-state index is 14.1. The number of ether oxygens (including phenoxy) is 3. The molecule has 0 aromatic heterocycles. The second-order valence-electron chi connectivity index (χ2n) is 6.00. The smallest absolute Gasteiger partial charge is 0.264 e. The van der Waals surface area contributed by atoms with E-state index in [2.05, 4.69) is 5.32 Å². The van der Waals surface area contributed by atoms with E-state index in [1.54, 1.807) is 37.3 Å². The van der Waals surface area contributed by atoms with Crippen molar-refractivity contribution in [3.05, 3.63) is 59.9 Å². The molecule has 2 atom stereocenters. The highest BCUT2D eigenvalue weighted by Crippen LogP contribution is 2.31. The molecule has 1 N–H and O–H groups in total. The highest BCUT2D eigenvalue weighted by molar-refractivity contribution is 5.81. The van der Waals surface area contributed by atoms with Gasteiger partial charge < -0.3 is 19.5 Å². The number of carbonyl (C=O) groups excluding carboxylic acids is 1. The van der Waals surface area contributed by atoms with Crippen molar-refractivity contribution in [2.24, 2.45) is 0 Å². The fourth-order valence-electron chi connectivity index (χ4n) is 2.69. The van der Waals surface area contributed by atoms with Crippen molar-refractivity contribution < 1.29 is 23.4 Å². The third kappa shape index (κ3) is 3.58. The van der Waals surface area contributed by atoms with Gasteiger partial charge in [0.1, 0.15) is 18.0 Å². The summed E-state index contributed by atoms with van der Waals surface area (Å²) in [4.78, 5) is 12.4. The van der Waals surface area contributed by atoms with Crippen molar-refractivity contribution in [2.75, 3.05) is 20.3 Å². The molecule has 0 fully saturated rings. The largest absolute Gasteiger partial charge is 0.485 e. The summed E-state index contributed by atoms with van der Waals surface area (Å²) in [5, 5.41) is 2.76. The number of amides is 1. The number of hydrogen-bond donors (Lipinski definition) is 1. The highest BCUT2D eigenvalue weighted by Gasteiger charge is 2.33. The van der Waals surface area contributed by atoms with E-state index < -0.39 is 11.7 Å². The van der Waals surface area contributed by atoms with E-state index in [9.17, 15) is 9.18 Å². The van der Waals surface area contributed by atoms with Gasteiger partial charge >= 0.3 is 0 Å². The van der Waals surface area contributed by atoms with Gasteiger partial charge in [0.25, 0.3) is 5.91 Å². The molecule has 25 heavy (non-hydrogen) atoms. The minimum atomic E-state index is -0.992. The van der Waals surface area contributed by atoms with Crippen LogP contribution in [0, 0.1) is 5.82 Å². The molecule has 0 spiro atoms. The first-order valence-corrected chi connectivity index (χ1v) is 8.00. The van der Waals surface area contributed by atoms with Crippen molar-refractivity contribution in [1.82, 2.24) is 5.32 Å². The zero-order chi connectivity index (χ0) is 17.9. The summed E-state index contributed by atoms with van der Waals surface area (Å²) in [7, 11) is 1.48. The molecule has 1 aliphatic rings. The van der Waals surface area contributed by atoms with Gasteiger partial charge in [-0.15, -0.1) is 0 Å². The minimum Gasteiger partial charge on any atom is -0.485 e. The number of halogens is 1. The Bertz CT molecular complexity index is 767. The zero-order valence-corrected chi connectivity index (χ0v) is 14.1. The first-order chi connectivity index (χ1) is 12.0. The maximum Gasteiger partial charge on any atom is 0.264 e. The van der Waals surface area contributed by atoms with Gasteiger partial charge in [-0.2, -0.15) is 0 Å².